The fraction of sp³-hybridized carbons (Fsp3) is 0.278. The summed E-state index contributed by atoms with van der Waals surface area (Å²) in [5, 5.41) is 12.0. The monoisotopic (exact) mass is 442 g/mol. The van der Waals surface area contributed by atoms with Crippen LogP contribution in [0.25, 0.3) is 9.45 Å². The van der Waals surface area contributed by atoms with Gasteiger partial charge in [0.05, 0.1) is 0 Å². The molecule has 7 heteroatoms. The van der Waals surface area contributed by atoms with E-state index < -0.39 is 8.07 Å². The van der Waals surface area contributed by atoms with Crippen molar-refractivity contribution in [2.45, 2.75) is 23.5 Å². The number of rotatable bonds is 5. The Morgan fingerprint density at radius 2 is 1.80 bits per heavy atom. The Balaban J connectivity index is 0.00000113. The second kappa shape index (κ2) is 7.81. The Hall–Kier alpha value is -0.202. The summed E-state index contributed by atoms with van der Waals surface area (Å²) in [6.07, 6.45) is 1.91. The van der Waals surface area contributed by atoms with Gasteiger partial charge in [0.1, 0.15) is 0 Å². The molecule has 4 rings (SSSR count). The predicted octanol–water partition coefficient (Wildman–Crippen LogP) is -3.48. The summed E-state index contributed by atoms with van der Waals surface area (Å²) in [6.45, 7) is 5.13. The molecule has 1 heterocycles. The molecule has 2 aliphatic carbocycles. The first kappa shape index (κ1) is 21.1. The number of carbonyl (C=O) groups excluding carboxylic acids is 1. The van der Waals surface area contributed by atoms with E-state index in [4.69, 9.17) is 0 Å². The number of aliphatic hydroxyl groups excluding tert-OH is 1. The summed E-state index contributed by atoms with van der Waals surface area (Å²) in [5.41, 5.74) is 5.37. The largest absolute Gasteiger partial charge is 1.00 e. The quantitative estimate of drug-likeness (QED) is 0.481. The normalized spacial score (nSPS) is 17.9. The Morgan fingerprint density at radius 3 is 2.48 bits per heavy atom. The summed E-state index contributed by atoms with van der Waals surface area (Å²) in [6, 6.07) is 9.64. The molecule has 0 bridgehead atoms. The fourth-order valence-electron chi connectivity index (χ4n) is 3.53. The number of hydrogen-bond acceptors (Lipinski definition) is 2. The molecule has 3 aliphatic rings. The Bertz CT molecular complexity index is 828. The zero-order chi connectivity index (χ0) is 16.2. The molecule has 0 saturated carbocycles. The first-order valence-electron chi connectivity index (χ1n) is 8.19. The van der Waals surface area contributed by atoms with Crippen molar-refractivity contribution in [2.24, 2.45) is 0 Å². The van der Waals surface area contributed by atoms with Gasteiger partial charge >= 0.3 is 149 Å². The van der Waals surface area contributed by atoms with E-state index in [9.17, 15) is 9.90 Å². The molecule has 130 valence electrons. The van der Waals surface area contributed by atoms with E-state index in [1.54, 1.807) is 3.88 Å². The minimum atomic E-state index is -1.29. The molecule has 2 nitrogen and oxygen atoms in total. The van der Waals surface area contributed by atoms with Gasteiger partial charge in [0.15, 0.2) is 0 Å². The van der Waals surface area contributed by atoms with Crippen LogP contribution in [0.4, 0.5) is 0 Å². The summed E-state index contributed by atoms with van der Waals surface area (Å²) in [7, 11) is -1.67. The first-order valence-corrected chi connectivity index (χ1v) is 14.9. The van der Waals surface area contributed by atoms with Crippen molar-refractivity contribution in [3.63, 3.8) is 0 Å². The van der Waals surface area contributed by atoms with Crippen molar-refractivity contribution in [3.05, 3.63) is 57.4 Å². The average Bonchev–Trinajstić information content (AvgIpc) is 3.25. The van der Waals surface area contributed by atoms with E-state index in [1.165, 1.54) is 37.0 Å². The molecule has 0 atom stereocenters. The van der Waals surface area contributed by atoms with Crippen molar-refractivity contribution >= 4 is 32.8 Å². The molecule has 1 N–H and O–H groups in total. The number of benzene rings is 1. The first-order chi connectivity index (χ1) is 11.0. The molecule has 0 fully saturated rings. The van der Waals surface area contributed by atoms with Gasteiger partial charge in [-0.25, -0.2) is 0 Å². The van der Waals surface area contributed by atoms with Crippen molar-refractivity contribution in [1.82, 2.24) is 0 Å². The molecule has 0 radical (unpaired) electrons. The maximum atomic E-state index is 12.2. The van der Waals surface area contributed by atoms with Crippen LogP contribution in [0, 0.1) is 0 Å². The summed E-state index contributed by atoms with van der Waals surface area (Å²) < 4.78 is 2.92. The second-order valence-electron chi connectivity index (χ2n) is 7.34. The van der Waals surface area contributed by atoms with Gasteiger partial charge in [-0.1, -0.05) is 0 Å². The van der Waals surface area contributed by atoms with Crippen LogP contribution >= 0.6 is 0 Å². The molecule has 0 amide bonds. The minimum Gasteiger partial charge on any atom is -1.00 e. The van der Waals surface area contributed by atoms with E-state index >= 15 is 0 Å². The van der Waals surface area contributed by atoms with Gasteiger partial charge in [0, 0.05) is 0 Å². The van der Waals surface area contributed by atoms with Gasteiger partial charge in [-0.2, -0.15) is 0 Å². The van der Waals surface area contributed by atoms with Crippen LogP contribution in [-0.4, -0.2) is 35.1 Å². The van der Waals surface area contributed by atoms with Gasteiger partial charge in [0.25, 0.3) is 0 Å². The van der Waals surface area contributed by atoms with E-state index in [1.807, 2.05) is 6.08 Å². The van der Waals surface area contributed by atoms with Crippen molar-refractivity contribution in [1.29, 1.82) is 0 Å². The number of ketones is 1. The Kier molecular flexibility index (Phi) is 6.59. The van der Waals surface area contributed by atoms with Gasteiger partial charge in [0.2, 0.25) is 0 Å². The second-order valence-corrected chi connectivity index (χ2v) is 17.3. The van der Waals surface area contributed by atoms with Crippen LogP contribution < -0.4 is 24.8 Å². The maximum Gasteiger partial charge on any atom is -1.00 e. The third kappa shape index (κ3) is 3.77. The molecule has 0 saturated heterocycles. The number of aliphatic hydroxyl groups is 1. The number of fused-ring (bicyclic) bond motifs is 4. The summed E-state index contributed by atoms with van der Waals surface area (Å²) in [4.78, 5) is 12.2. The molecule has 0 spiro atoms. The third-order valence-electron chi connectivity index (χ3n) is 5.01. The standard InChI is InChI=1S/C13H7OSi.C5H13OSi.2ClH.Ti/c14-11-6-9-8-4-2-1-3-7(8)5-10(9)12-13(11)15-12;1-7(2,3)5-4-6;;;/h1-4,6H,15H2;6H,1,4-5H2,2-3H3;2*1H;/q;;;;+2/p-2. The molecule has 1 aromatic rings. The van der Waals surface area contributed by atoms with Crippen LogP contribution in [0.2, 0.25) is 23.5 Å². The number of halogens is 2. The van der Waals surface area contributed by atoms with E-state index in [-0.39, 0.29) is 59.3 Å². The van der Waals surface area contributed by atoms with Crippen LogP contribution in [0.5, 0.6) is 0 Å². The molecule has 25 heavy (non-hydrogen) atoms. The zero-order valence-electron chi connectivity index (χ0n) is 14.3. The predicted molar refractivity (Wildman–Crippen MR) is 96.1 cm³/mol. The van der Waals surface area contributed by atoms with Crippen LogP contribution in [0.1, 0.15) is 11.1 Å². The average molecular weight is 443 g/mol. The van der Waals surface area contributed by atoms with Crippen molar-refractivity contribution < 1.29 is 53.9 Å². The Labute approximate surface area is 173 Å². The SMILES string of the molecule is C[Si](C)(CCO)[CH2][Ti+2][C]1=C2C(=CC(=O)C3=C2[SiH2]3)c2ccccc21.[Cl-].[Cl-]. The van der Waals surface area contributed by atoms with Crippen LogP contribution in [0.15, 0.2) is 46.3 Å². The molecule has 0 aromatic heterocycles. The topological polar surface area (TPSA) is 37.3 Å². The molecular weight excluding hydrogens is 423 g/mol. The van der Waals surface area contributed by atoms with Gasteiger partial charge in [-0.3, -0.25) is 0 Å². The van der Waals surface area contributed by atoms with Gasteiger partial charge in [-0.15, -0.1) is 0 Å². The summed E-state index contributed by atoms with van der Waals surface area (Å²) >= 11 is -0.222. The van der Waals surface area contributed by atoms with Crippen LogP contribution in [0.3, 0.4) is 0 Å². The van der Waals surface area contributed by atoms with E-state index in [2.05, 4.69) is 37.4 Å². The molecular formula is C18H20Cl2O2Si2Ti. The molecule has 1 aromatic carbocycles. The van der Waals surface area contributed by atoms with Gasteiger partial charge < -0.3 is 24.8 Å². The minimum absolute atomic E-state index is 0. The summed E-state index contributed by atoms with van der Waals surface area (Å²) in [5.74, 6) is 0.288. The zero-order valence-corrected chi connectivity index (χ0v) is 19.8. The Morgan fingerprint density at radius 1 is 1.12 bits per heavy atom. The smallest absolute Gasteiger partial charge is 1.00 e. The van der Waals surface area contributed by atoms with Crippen molar-refractivity contribution in [2.75, 3.05) is 6.61 Å². The van der Waals surface area contributed by atoms with Crippen molar-refractivity contribution in [3.8, 4) is 0 Å². The maximum absolute atomic E-state index is 12.2. The molecule has 0 unspecified atom stereocenters. The number of hydrogen-bond donors (Lipinski definition) is 1. The molecule has 1 aliphatic heterocycles. The number of allylic oxidation sites excluding steroid dienone is 5. The van der Waals surface area contributed by atoms with E-state index in [0.717, 1.165) is 6.04 Å². The van der Waals surface area contributed by atoms with E-state index in [0.29, 0.717) is 6.61 Å². The van der Waals surface area contributed by atoms with Gasteiger partial charge in [-0.05, 0) is 0 Å². The number of carbonyl (C=O) groups is 1. The fourth-order valence-corrected chi connectivity index (χ4v) is 11.9. The van der Waals surface area contributed by atoms with Crippen LogP contribution in [-0.2, 0) is 23.9 Å². The third-order valence-corrected chi connectivity index (χ3v) is 16.2.